The summed E-state index contributed by atoms with van der Waals surface area (Å²) in [4.78, 5) is 7.64. The maximum atomic E-state index is 5.19. The summed E-state index contributed by atoms with van der Waals surface area (Å²) in [5.41, 5.74) is 2.09. The van der Waals surface area contributed by atoms with Gasteiger partial charge >= 0.3 is 0 Å². The van der Waals surface area contributed by atoms with Gasteiger partial charge in [-0.05, 0) is 42.3 Å². The number of aromatic amines is 1. The summed E-state index contributed by atoms with van der Waals surface area (Å²) in [7, 11) is 1.66. The Morgan fingerprint density at radius 2 is 2.00 bits per heavy atom. The van der Waals surface area contributed by atoms with E-state index in [1.807, 2.05) is 30.3 Å². The normalized spacial score (nSPS) is 10.3. The number of aryl methyl sites for hydroxylation is 1. The summed E-state index contributed by atoms with van der Waals surface area (Å²) in [6.07, 6.45) is 1.96. The van der Waals surface area contributed by atoms with Gasteiger partial charge in [0.2, 0.25) is 0 Å². The molecule has 3 nitrogen and oxygen atoms in total. The van der Waals surface area contributed by atoms with Crippen LogP contribution in [-0.4, -0.2) is 17.1 Å². The molecule has 0 aliphatic carbocycles. The van der Waals surface area contributed by atoms with Gasteiger partial charge in [-0.2, -0.15) is 0 Å². The summed E-state index contributed by atoms with van der Waals surface area (Å²) in [6, 6.07) is 9.78. The highest BCUT2D eigenvalue weighted by Gasteiger charge is 2.02. The van der Waals surface area contributed by atoms with E-state index in [1.54, 1.807) is 7.11 Å². The SMILES string of the molecule is CCCc1nc(=S)cc(-c2ccc(OC)cc2)[nH]1. The number of methoxy groups -OCH3 is 1. The van der Waals surface area contributed by atoms with E-state index >= 15 is 0 Å². The number of H-pyrrole nitrogens is 1. The molecule has 2 aromatic rings. The monoisotopic (exact) mass is 260 g/mol. The van der Waals surface area contributed by atoms with Gasteiger partial charge in [0, 0.05) is 12.1 Å². The molecule has 0 bridgehead atoms. The molecule has 1 heterocycles. The molecule has 0 radical (unpaired) electrons. The molecule has 0 aliphatic heterocycles. The molecule has 1 N–H and O–H groups in total. The lowest BCUT2D eigenvalue weighted by Crippen LogP contribution is -1.96. The van der Waals surface area contributed by atoms with E-state index < -0.39 is 0 Å². The zero-order valence-electron chi connectivity index (χ0n) is 10.6. The van der Waals surface area contributed by atoms with Crippen molar-refractivity contribution in [3.8, 4) is 17.0 Å². The van der Waals surface area contributed by atoms with Gasteiger partial charge in [0.05, 0.1) is 7.11 Å². The van der Waals surface area contributed by atoms with Crippen LogP contribution in [0.2, 0.25) is 0 Å². The number of benzene rings is 1. The van der Waals surface area contributed by atoms with Crippen molar-refractivity contribution in [2.45, 2.75) is 19.8 Å². The van der Waals surface area contributed by atoms with Crippen molar-refractivity contribution < 1.29 is 4.74 Å². The van der Waals surface area contributed by atoms with Crippen molar-refractivity contribution in [2.75, 3.05) is 7.11 Å². The summed E-state index contributed by atoms with van der Waals surface area (Å²) in [5, 5.41) is 0. The van der Waals surface area contributed by atoms with Crippen LogP contribution in [0.15, 0.2) is 30.3 Å². The quantitative estimate of drug-likeness (QED) is 0.850. The topological polar surface area (TPSA) is 37.9 Å². The van der Waals surface area contributed by atoms with E-state index in [1.165, 1.54) is 0 Å². The first-order chi connectivity index (χ1) is 8.72. The van der Waals surface area contributed by atoms with E-state index in [9.17, 15) is 0 Å². The molecule has 2 rings (SSSR count). The van der Waals surface area contributed by atoms with Crippen molar-refractivity contribution in [1.29, 1.82) is 0 Å². The van der Waals surface area contributed by atoms with Crippen LogP contribution in [-0.2, 0) is 6.42 Å². The van der Waals surface area contributed by atoms with Crippen LogP contribution in [0.4, 0.5) is 0 Å². The van der Waals surface area contributed by atoms with Gasteiger partial charge in [0.25, 0.3) is 0 Å². The molecule has 18 heavy (non-hydrogen) atoms. The van der Waals surface area contributed by atoms with Crippen LogP contribution in [0.3, 0.4) is 0 Å². The van der Waals surface area contributed by atoms with Crippen molar-refractivity contribution in [1.82, 2.24) is 9.97 Å². The van der Waals surface area contributed by atoms with Crippen LogP contribution in [0.1, 0.15) is 19.2 Å². The van der Waals surface area contributed by atoms with Gasteiger partial charge in [-0.3, -0.25) is 0 Å². The van der Waals surface area contributed by atoms with Crippen LogP contribution in [0, 0.1) is 4.64 Å². The molecule has 4 heteroatoms. The fourth-order valence-electron chi connectivity index (χ4n) is 1.79. The standard InChI is InChI=1S/C14H16N2OS/c1-3-4-13-15-12(9-14(18)16-13)10-5-7-11(17-2)8-6-10/h5-9H,3-4H2,1-2H3,(H,15,16,18). The zero-order chi connectivity index (χ0) is 13.0. The fourth-order valence-corrected chi connectivity index (χ4v) is 2.02. The highest BCUT2D eigenvalue weighted by Crippen LogP contribution is 2.20. The Bertz CT molecular complexity index is 575. The molecule has 0 saturated heterocycles. The Labute approximate surface area is 112 Å². The van der Waals surface area contributed by atoms with E-state index in [2.05, 4.69) is 16.9 Å². The minimum Gasteiger partial charge on any atom is -0.497 e. The first-order valence-corrected chi connectivity index (χ1v) is 6.38. The zero-order valence-corrected chi connectivity index (χ0v) is 11.4. The first kappa shape index (κ1) is 12.8. The van der Waals surface area contributed by atoms with Gasteiger partial charge in [-0.15, -0.1) is 0 Å². The molecule has 0 aliphatic rings. The number of nitrogens with zero attached hydrogens (tertiary/aromatic N) is 1. The van der Waals surface area contributed by atoms with Gasteiger partial charge in [-0.25, -0.2) is 4.98 Å². The smallest absolute Gasteiger partial charge is 0.130 e. The summed E-state index contributed by atoms with van der Waals surface area (Å²) < 4.78 is 5.78. The number of rotatable bonds is 4. The second-order valence-corrected chi connectivity index (χ2v) is 4.48. The van der Waals surface area contributed by atoms with Crippen LogP contribution < -0.4 is 4.74 Å². The number of nitrogens with one attached hydrogen (secondary N) is 1. The molecular formula is C14H16N2OS. The van der Waals surface area contributed by atoms with E-state index in [-0.39, 0.29) is 0 Å². The highest BCUT2D eigenvalue weighted by atomic mass is 32.1. The van der Waals surface area contributed by atoms with Crippen molar-refractivity contribution in [2.24, 2.45) is 0 Å². The highest BCUT2D eigenvalue weighted by molar-refractivity contribution is 7.71. The minimum atomic E-state index is 0.628. The van der Waals surface area contributed by atoms with Crippen molar-refractivity contribution >= 4 is 12.2 Å². The minimum absolute atomic E-state index is 0.628. The van der Waals surface area contributed by atoms with Gasteiger partial charge < -0.3 is 9.72 Å². The molecule has 94 valence electrons. The third-order valence-electron chi connectivity index (χ3n) is 2.68. The first-order valence-electron chi connectivity index (χ1n) is 5.97. The molecule has 0 amide bonds. The van der Waals surface area contributed by atoms with Crippen LogP contribution in [0.25, 0.3) is 11.3 Å². The lowest BCUT2D eigenvalue weighted by Gasteiger charge is -2.06. The number of ether oxygens (including phenoxy) is 1. The molecular weight excluding hydrogens is 244 g/mol. The number of aromatic nitrogens is 2. The van der Waals surface area contributed by atoms with E-state index in [4.69, 9.17) is 17.0 Å². The second-order valence-electron chi connectivity index (χ2n) is 4.06. The Kier molecular flexibility index (Phi) is 4.10. The Morgan fingerprint density at radius 1 is 1.28 bits per heavy atom. The molecule has 1 aromatic carbocycles. The maximum Gasteiger partial charge on any atom is 0.130 e. The van der Waals surface area contributed by atoms with Crippen molar-refractivity contribution in [3.63, 3.8) is 0 Å². The molecule has 0 atom stereocenters. The van der Waals surface area contributed by atoms with Crippen LogP contribution in [0.5, 0.6) is 5.75 Å². The van der Waals surface area contributed by atoms with E-state index in [0.717, 1.165) is 35.7 Å². The lowest BCUT2D eigenvalue weighted by atomic mass is 10.1. The van der Waals surface area contributed by atoms with Gasteiger partial charge in [0.1, 0.15) is 16.2 Å². The maximum absolute atomic E-state index is 5.19. The largest absolute Gasteiger partial charge is 0.497 e. The second kappa shape index (κ2) is 5.78. The summed E-state index contributed by atoms with van der Waals surface area (Å²) >= 11 is 5.19. The van der Waals surface area contributed by atoms with Crippen LogP contribution >= 0.6 is 12.2 Å². The predicted molar refractivity (Wildman–Crippen MR) is 75.4 cm³/mol. The number of hydrogen-bond acceptors (Lipinski definition) is 3. The predicted octanol–water partition coefficient (Wildman–Crippen LogP) is 3.77. The van der Waals surface area contributed by atoms with Gasteiger partial charge in [-0.1, -0.05) is 19.1 Å². The summed E-state index contributed by atoms with van der Waals surface area (Å²) in [5.74, 6) is 1.79. The molecule has 0 spiro atoms. The van der Waals surface area contributed by atoms with Gasteiger partial charge in [0.15, 0.2) is 0 Å². The fraction of sp³-hybridized carbons (Fsp3) is 0.286. The molecule has 0 unspecified atom stereocenters. The molecule has 1 aromatic heterocycles. The third kappa shape index (κ3) is 2.96. The molecule has 0 fully saturated rings. The molecule has 0 saturated carbocycles. The Morgan fingerprint density at radius 3 is 2.61 bits per heavy atom. The average Bonchev–Trinajstić information content (AvgIpc) is 2.38. The average molecular weight is 260 g/mol. The Balaban J connectivity index is 2.39. The van der Waals surface area contributed by atoms with E-state index in [0.29, 0.717) is 4.64 Å². The third-order valence-corrected chi connectivity index (χ3v) is 2.89. The number of hydrogen-bond donors (Lipinski definition) is 1. The Hall–Kier alpha value is -1.68. The lowest BCUT2D eigenvalue weighted by molar-refractivity contribution is 0.415. The van der Waals surface area contributed by atoms with Crippen molar-refractivity contribution in [3.05, 3.63) is 40.8 Å². The summed E-state index contributed by atoms with van der Waals surface area (Å²) in [6.45, 7) is 2.12.